The number of anilines is 1. The van der Waals surface area contributed by atoms with E-state index in [1.807, 2.05) is 17.0 Å². The number of halogens is 2. The van der Waals surface area contributed by atoms with E-state index in [2.05, 4.69) is 10.2 Å². The summed E-state index contributed by atoms with van der Waals surface area (Å²) in [5.74, 6) is 1.95. The third kappa shape index (κ3) is 3.36. The van der Waals surface area contributed by atoms with Crippen LogP contribution in [0.1, 0.15) is 0 Å². The Hall–Kier alpha value is -0.540. The van der Waals surface area contributed by atoms with Gasteiger partial charge in [-0.3, -0.25) is 0 Å². The lowest BCUT2D eigenvalue weighted by Gasteiger charge is -2.20. The predicted octanol–water partition coefficient (Wildman–Crippen LogP) is 1.76. The number of hydrogen-bond donors (Lipinski definition) is 0. The number of alkyl halides is 2. The Balaban J connectivity index is 2.64. The zero-order chi connectivity index (χ0) is 9.52. The van der Waals surface area contributed by atoms with Crippen LogP contribution in [0.5, 0.6) is 0 Å². The van der Waals surface area contributed by atoms with Gasteiger partial charge in [0.05, 0.1) is 0 Å². The van der Waals surface area contributed by atoms with Crippen molar-refractivity contribution in [3.63, 3.8) is 0 Å². The van der Waals surface area contributed by atoms with Crippen molar-refractivity contribution in [2.75, 3.05) is 29.7 Å². The average Bonchev–Trinajstić information content (AvgIpc) is 2.19. The highest BCUT2D eigenvalue weighted by molar-refractivity contribution is 6.18. The lowest BCUT2D eigenvalue weighted by molar-refractivity contribution is 0.830. The fraction of sp³-hybridized carbons (Fsp3) is 0.500. The van der Waals surface area contributed by atoms with Crippen molar-refractivity contribution >= 4 is 29.0 Å². The molecule has 0 aliphatic carbocycles. The summed E-state index contributed by atoms with van der Waals surface area (Å²) >= 11 is 11.3. The van der Waals surface area contributed by atoms with Gasteiger partial charge in [-0.15, -0.1) is 28.3 Å². The summed E-state index contributed by atoms with van der Waals surface area (Å²) in [6.07, 6.45) is 1.64. The summed E-state index contributed by atoms with van der Waals surface area (Å²) in [5.41, 5.74) is 0. The summed E-state index contributed by atoms with van der Waals surface area (Å²) in [5, 5.41) is 7.77. The summed E-state index contributed by atoms with van der Waals surface area (Å²) in [6.45, 7) is 1.49. The molecule has 1 aromatic heterocycles. The minimum atomic E-state index is 0.563. The van der Waals surface area contributed by atoms with Crippen LogP contribution in [-0.2, 0) is 0 Å². The van der Waals surface area contributed by atoms with E-state index in [1.54, 1.807) is 6.20 Å². The van der Waals surface area contributed by atoms with Crippen LogP contribution in [0.4, 0.5) is 5.82 Å². The molecule has 0 radical (unpaired) electrons. The van der Waals surface area contributed by atoms with Crippen LogP contribution in [-0.4, -0.2) is 35.0 Å². The molecule has 0 aliphatic rings. The molecule has 3 nitrogen and oxygen atoms in total. The molecule has 0 aromatic carbocycles. The van der Waals surface area contributed by atoms with Crippen molar-refractivity contribution < 1.29 is 0 Å². The monoisotopic (exact) mass is 219 g/mol. The van der Waals surface area contributed by atoms with E-state index in [0.29, 0.717) is 11.8 Å². The Kier molecular flexibility index (Phi) is 4.86. The molecule has 0 aliphatic heterocycles. The van der Waals surface area contributed by atoms with Crippen LogP contribution in [0.3, 0.4) is 0 Å². The summed E-state index contributed by atoms with van der Waals surface area (Å²) < 4.78 is 0. The Labute approximate surface area is 87.7 Å². The molecule has 1 aromatic rings. The Morgan fingerprint density at radius 3 is 2.38 bits per heavy atom. The number of nitrogens with zero attached hydrogens (tertiary/aromatic N) is 3. The fourth-order valence-corrected chi connectivity index (χ4v) is 1.42. The van der Waals surface area contributed by atoms with Gasteiger partial charge < -0.3 is 4.90 Å². The molecule has 0 atom stereocenters. The van der Waals surface area contributed by atoms with Gasteiger partial charge in [0.2, 0.25) is 0 Å². The Bertz CT molecular complexity index is 224. The molecule has 0 spiro atoms. The highest BCUT2D eigenvalue weighted by Gasteiger charge is 2.05. The van der Waals surface area contributed by atoms with Crippen molar-refractivity contribution in [2.45, 2.75) is 0 Å². The minimum absolute atomic E-state index is 0.563. The number of rotatable bonds is 5. The number of hydrogen-bond acceptors (Lipinski definition) is 3. The van der Waals surface area contributed by atoms with E-state index < -0.39 is 0 Å². The van der Waals surface area contributed by atoms with Gasteiger partial charge >= 0.3 is 0 Å². The molecule has 0 amide bonds. The molecule has 0 saturated carbocycles. The van der Waals surface area contributed by atoms with Gasteiger partial charge in [-0.05, 0) is 12.1 Å². The molecule has 1 rings (SSSR count). The van der Waals surface area contributed by atoms with Crippen molar-refractivity contribution in [1.29, 1.82) is 0 Å². The standard InChI is InChI=1S/C8H11Cl2N3/c9-3-6-13(7-4-10)8-2-1-5-11-12-8/h1-2,5H,3-4,6-7H2. The Morgan fingerprint density at radius 2 is 1.92 bits per heavy atom. The SMILES string of the molecule is ClCCN(CCCl)c1cccnn1. The lowest BCUT2D eigenvalue weighted by Crippen LogP contribution is -2.28. The first-order chi connectivity index (χ1) is 6.38. The first kappa shape index (κ1) is 10.5. The van der Waals surface area contributed by atoms with Gasteiger partial charge in [0.25, 0.3) is 0 Å². The molecule has 0 saturated heterocycles. The largest absolute Gasteiger partial charge is 0.353 e. The Morgan fingerprint density at radius 1 is 1.23 bits per heavy atom. The third-order valence-corrected chi connectivity index (χ3v) is 1.93. The first-order valence-corrected chi connectivity index (χ1v) is 5.10. The van der Waals surface area contributed by atoms with Crippen molar-refractivity contribution in [3.05, 3.63) is 18.3 Å². The third-order valence-electron chi connectivity index (χ3n) is 1.59. The lowest BCUT2D eigenvalue weighted by atomic mass is 10.4. The molecule has 1 heterocycles. The normalized spacial score (nSPS) is 10.0. The molecule has 5 heteroatoms. The fourth-order valence-electron chi connectivity index (χ4n) is 1.01. The van der Waals surface area contributed by atoms with Gasteiger partial charge in [0.1, 0.15) is 0 Å². The quantitative estimate of drug-likeness (QED) is 0.708. The van der Waals surface area contributed by atoms with Gasteiger partial charge in [0, 0.05) is 31.0 Å². The topological polar surface area (TPSA) is 29.0 Å². The maximum Gasteiger partial charge on any atom is 0.151 e. The van der Waals surface area contributed by atoms with Crippen molar-refractivity contribution in [3.8, 4) is 0 Å². The van der Waals surface area contributed by atoms with E-state index in [0.717, 1.165) is 18.9 Å². The summed E-state index contributed by atoms with van der Waals surface area (Å²) in [7, 11) is 0. The molecule has 0 fully saturated rings. The highest BCUT2D eigenvalue weighted by atomic mass is 35.5. The van der Waals surface area contributed by atoms with Crippen LogP contribution < -0.4 is 4.90 Å². The number of aromatic nitrogens is 2. The molecule has 13 heavy (non-hydrogen) atoms. The maximum absolute atomic E-state index is 5.65. The zero-order valence-corrected chi connectivity index (χ0v) is 8.67. The minimum Gasteiger partial charge on any atom is -0.353 e. The van der Waals surface area contributed by atoms with Crippen LogP contribution in [0.2, 0.25) is 0 Å². The van der Waals surface area contributed by atoms with E-state index in [-0.39, 0.29) is 0 Å². The van der Waals surface area contributed by atoms with Crippen LogP contribution in [0.25, 0.3) is 0 Å². The van der Waals surface area contributed by atoms with Crippen molar-refractivity contribution in [2.24, 2.45) is 0 Å². The molecular formula is C8H11Cl2N3. The molecule has 0 unspecified atom stereocenters. The molecule has 72 valence electrons. The smallest absolute Gasteiger partial charge is 0.151 e. The van der Waals surface area contributed by atoms with Crippen LogP contribution in [0.15, 0.2) is 18.3 Å². The second-order valence-corrected chi connectivity index (χ2v) is 3.20. The van der Waals surface area contributed by atoms with Gasteiger partial charge in [-0.1, -0.05) is 0 Å². The van der Waals surface area contributed by atoms with Gasteiger partial charge in [-0.2, -0.15) is 5.10 Å². The molecule has 0 N–H and O–H groups in total. The van der Waals surface area contributed by atoms with E-state index in [1.165, 1.54) is 0 Å². The average molecular weight is 220 g/mol. The second kappa shape index (κ2) is 6.00. The summed E-state index contributed by atoms with van der Waals surface area (Å²) in [4.78, 5) is 2.01. The second-order valence-electron chi connectivity index (χ2n) is 2.45. The van der Waals surface area contributed by atoms with Gasteiger partial charge in [-0.25, -0.2) is 0 Å². The van der Waals surface area contributed by atoms with Crippen LogP contribution in [0, 0.1) is 0 Å². The maximum atomic E-state index is 5.65. The predicted molar refractivity (Wildman–Crippen MR) is 55.7 cm³/mol. The van der Waals surface area contributed by atoms with E-state index in [9.17, 15) is 0 Å². The van der Waals surface area contributed by atoms with Crippen LogP contribution >= 0.6 is 23.2 Å². The van der Waals surface area contributed by atoms with Crippen molar-refractivity contribution in [1.82, 2.24) is 10.2 Å². The molecular weight excluding hydrogens is 209 g/mol. The zero-order valence-electron chi connectivity index (χ0n) is 7.16. The van der Waals surface area contributed by atoms with E-state index in [4.69, 9.17) is 23.2 Å². The van der Waals surface area contributed by atoms with E-state index >= 15 is 0 Å². The molecule has 0 bridgehead atoms. The van der Waals surface area contributed by atoms with Gasteiger partial charge in [0.15, 0.2) is 5.82 Å². The first-order valence-electron chi connectivity index (χ1n) is 4.03. The highest BCUT2D eigenvalue weighted by Crippen LogP contribution is 2.07. The summed E-state index contributed by atoms with van der Waals surface area (Å²) in [6, 6.07) is 3.74.